The topological polar surface area (TPSA) is 65.7 Å². The summed E-state index contributed by atoms with van der Waals surface area (Å²) in [5.74, 6) is -0.798. The highest BCUT2D eigenvalue weighted by Crippen LogP contribution is 2.19. The molecule has 3 aromatic rings. The standard InChI is InChI=1S/C14H8BrFN2O2/c15-9-3-8(4-10(16)6-9)13(19)7-1-2-11-12(5-7)18-14(20)17-11/h1-6H,(H2,17,18,20). The number of aromatic nitrogens is 2. The zero-order chi connectivity index (χ0) is 14.3. The van der Waals surface area contributed by atoms with Crippen molar-refractivity contribution >= 4 is 32.7 Å². The number of fused-ring (bicyclic) bond motifs is 1. The summed E-state index contributed by atoms with van der Waals surface area (Å²) in [6, 6.07) is 8.80. The van der Waals surface area contributed by atoms with Gasteiger partial charge in [-0.1, -0.05) is 15.9 Å². The van der Waals surface area contributed by atoms with Gasteiger partial charge >= 0.3 is 5.69 Å². The van der Waals surface area contributed by atoms with Gasteiger partial charge in [0, 0.05) is 15.6 Å². The number of H-pyrrole nitrogens is 2. The lowest BCUT2D eigenvalue weighted by Gasteiger charge is -2.03. The quantitative estimate of drug-likeness (QED) is 0.707. The molecule has 2 aromatic carbocycles. The van der Waals surface area contributed by atoms with Crippen molar-refractivity contribution in [3.05, 3.63) is 68.3 Å². The lowest BCUT2D eigenvalue weighted by molar-refractivity contribution is 0.103. The van der Waals surface area contributed by atoms with E-state index in [0.29, 0.717) is 21.1 Å². The first-order chi connectivity index (χ1) is 9.52. The fourth-order valence-corrected chi connectivity index (χ4v) is 2.49. The van der Waals surface area contributed by atoms with Crippen LogP contribution in [0.1, 0.15) is 15.9 Å². The molecule has 0 atom stereocenters. The van der Waals surface area contributed by atoms with Crippen LogP contribution in [0.25, 0.3) is 11.0 Å². The summed E-state index contributed by atoms with van der Waals surface area (Å²) in [5, 5.41) is 0. The number of hydrogen-bond acceptors (Lipinski definition) is 2. The third kappa shape index (κ3) is 2.30. The average molecular weight is 335 g/mol. The molecule has 3 rings (SSSR count). The summed E-state index contributed by atoms with van der Waals surface area (Å²) in [4.78, 5) is 28.7. The van der Waals surface area contributed by atoms with E-state index in [2.05, 4.69) is 25.9 Å². The summed E-state index contributed by atoms with van der Waals surface area (Å²) in [6.45, 7) is 0. The second kappa shape index (κ2) is 4.72. The van der Waals surface area contributed by atoms with Crippen LogP contribution in [0.5, 0.6) is 0 Å². The van der Waals surface area contributed by atoms with Crippen LogP contribution >= 0.6 is 15.9 Å². The Morgan fingerprint density at radius 3 is 2.50 bits per heavy atom. The Hall–Kier alpha value is -2.21. The van der Waals surface area contributed by atoms with Gasteiger partial charge in [0.2, 0.25) is 0 Å². The van der Waals surface area contributed by atoms with Crippen LogP contribution in [0, 0.1) is 5.82 Å². The molecule has 4 nitrogen and oxygen atoms in total. The van der Waals surface area contributed by atoms with Crippen molar-refractivity contribution in [1.29, 1.82) is 0 Å². The number of halogens is 2. The Morgan fingerprint density at radius 1 is 1.00 bits per heavy atom. The number of carbonyl (C=O) groups excluding carboxylic acids is 1. The minimum atomic E-state index is -0.487. The fraction of sp³-hybridized carbons (Fsp3) is 0. The molecule has 0 saturated carbocycles. The Bertz CT molecular complexity index is 862. The monoisotopic (exact) mass is 334 g/mol. The van der Waals surface area contributed by atoms with E-state index < -0.39 is 5.82 Å². The first-order valence-electron chi connectivity index (χ1n) is 5.76. The van der Waals surface area contributed by atoms with E-state index in [1.54, 1.807) is 24.3 Å². The Morgan fingerprint density at radius 2 is 1.75 bits per heavy atom. The van der Waals surface area contributed by atoms with Crippen molar-refractivity contribution in [3.8, 4) is 0 Å². The first kappa shape index (κ1) is 12.8. The van der Waals surface area contributed by atoms with E-state index in [4.69, 9.17) is 0 Å². The van der Waals surface area contributed by atoms with E-state index >= 15 is 0 Å². The number of benzene rings is 2. The van der Waals surface area contributed by atoms with Crippen LogP contribution in [0.2, 0.25) is 0 Å². The largest absolute Gasteiger partial charge is 0.323 e. The molecule has 1 aromatic heterocycles. The summed E-state index contributed by atoms with van der Waals surface area (Å²) in [6.07, 6.45) is 0. The summed E-state index contributed by atoms with van der Waals surface area (Å²) in [5.41, 5.74) is 1.45. The van der Waals surface area contributed by atoms with Crippen LogP contribution in [-0.4, -0.2) is 15.8 Å². The molecule has 20 heavy (non-hydrogen) atoms. The molecule has 0 unspecified atom stereocenters. The molecule has 2 N–H and O–H groups in total. The summed E-state index contributed by atoms with van der Waals surface area (Å²) < 4.78 is 13.8. The second-order valence-electron chi connectivity index (χ2n) is 4.33. The van der Waals surface area contributed by atoms with Gasteiger partial charge in [-0.3, -0.25) is 4.79 Å². The minimum Gasteiger partial charge on any atom is -0.306 e. The number of imidazole rings is 1. The van der Waals surface area contributed by atoms with E-state index in [-0.39, 0.29) is 17.0 Å². The Balaban J connectivity index is 2.09. The lowest BCUT2D eigenvalue weighted by Crippen LogP contribution is -2.02. The maximum absolute atomic E-state index is 13.3. The zero-order valence-corrected chi connectivity index (χ0v) is 11.6. The van der Waals surface area contributed by atoms with Gasteiger partial charge < -0.3 is 9.97 Å². The van der Waals surface area contributed by atoms with Crippen LogP contribution < -0.4 is 5.69 Å². The zero-order valence-electron chi connectivity index (χ0n) is 10.0. The molecule has 0 amide bonds. The Kier molecular flexibility index (Phi) is 3.02. The van der Waals surface area contributed by atoms with Crippen LogP contribution in [0.4, 0.5) is 4.39 Å². The molecule has 100 valence electrons. The summed E-state index contributed by atoms with van der Waals surface area (Å²) >= 11 is 3.15. The van der Waals surface area contributed by atoms with Crippen molar-refractivity contribution < 1.29 is 9.18 Å². The molecule has 0 radical (unpaired) electrons. The van der Waals surface area contributed by atoms with Crippen molar-refractivity contribution in [3.63, 3.8) is 0 Å². The van der Waals surface area contributed by atoms with Gasteiger partial charge in [0.15, 0.2) is 5.78 Å². The molecule has 0 aliphatic carbocycles. The number of nitrogens with one attached hydrogen (secondary N) is 2. The lowest BCUT2D eigenvalue weighted by atomic mass is 10.0. The number of ketones is 1. The van der Waals surface area contributed by atoms with Gasteiger partial charge in [0.25, 0.3) is 0 Å². The number of rotatable bonds is 2. The minimum absolute atomic E-state index is 0.245. The molecule has 0 bridgehead atoms. The van der Waals surface area contributed by atoms with Gasteiger partial charge in [-0.2, -0.15) is 0 Å². The highest BCUT2D eigenvalue weighted by Gasteiger charge is 2.12. The third-order valence-corrected chi connectivity index (χ3v) is 3.36. The first-order valence-corrected chi connectivity index (χ1v) is 6.55. The normalized spacial score (nSPS) is 10.9. The predicted octanol–water partition coefficient (Wildman–Crippen LogP) is 2.99. The van der Waals surface area contributed by atoms with Crippen molar-refractivity contribution in [2.24, 2.45) is 0 Å². The molecule has 0 fully saturated rings. The average Bonchev–Trinajstić information content (AvgIpc) is 2.75. The molecule has 0 aliphatic rings. The highest BCUT2D eigenvalue weighted by atomic mass is 79.9. The molecule has 0 aliphatic heterocycles. The van der Waals surface area contributed by atoms with E-state index in [1.807, 2.05) is 0 Å². The number of aromatic amines is 2. The Labute approximate surface area is 120 Å². The van der Waals surface area contributed by atoms with Crippen molar-refractivity contribution in [2.75, 3.05) is 0 Å². The molecule has 6 heteroatoms. The second-order valence-corrected chi connectivity index (χ2v) is 5.24. The van der Waals surface area contributed by atoms with E-state index in [9.17, 15) is 14.0 Å². The van der Waals surface area contributed by atoms with Crippen LogP contribution in [-0.2, 0) is 0 Å². The van der Waals surface area contributed by atoms with Gasteiger partial charge in [-0.25, -0.2) is 9.18 Å². The van der Waals surface area contributed by atoms with Gasteiger partial charge in [0.1, 0.15) is 5.82 Å². The van der Waals surface area contributed by atoms with E-state index in [0.717, 1.165) is 0 Å². The molecular formula is C14H8BrFN2O2. The van der Waals surface area contributed by atoms with Gasteiger partial charge in [0.05, 0.1) is 11.0 Å². The number of hydrogen-bond donors (Lipinski definition) is 2. The van der Waals surface area contributed by atoms with Gasteiger partial charge in [-0.15, -0.1) is 0 Å². The smallest absolute Gasteiger partial charge is 0.306 e. The summed E-state index contributed by atoms with van der Waals surface area (Å²) in [7, 11) is 0. The van der Waals surface area contributed by atoms with Crippen LogP contribution in [0.3, 0.4) is 0 Å². The molecule has 1 heterocycles. The number of carbonyl (C=O) groups is 1. The SMILES string of the molecule is O=C(c1cc(F)cc(Br)c1)c1ccc2[nH]c(=O)[nH]c2c1. The van der Waals surface area contributed by atoms with Crippen LogP contribution in [0.15, 0.2) is 45.7 Å². The molecule has 0 saturated heterocycles. The molecular weight excluding hydrogens is 327 g/mol. The fourth-order valence-electron chi connectivity index (χ4n) is 2.03. The maximum atomic E-state index is 13.3. The van der Waals surface area contributed by atoms with Crippen molar-refractivity contribution in [1.82, 2.24) is 9.97 Å². The highest BCUT2D eigenvalue weighted by molar-refractivity contribution is 9.10. The maximum Gasteiger partial charge on any atom is 0.323 e. The van der Waals surface area contributed by atoms with E-state index in [1.165, 1.54) is 12.1 Å². The van der Waals surface area contributed by atoms with Gasteiger partial charge in [-0.05, 0) is 36.4 Å². The third-order valence-electron chi connectivity index (χ3n) is 2.90. The van der Waals surface area contributed by atoms with Crippen molar-refractivity contribution in [2.45, 2.75) is 0 Å². The molecule has 0 spiro atoms. The predicted molar refractivity (Wildman–Crippen MR) is 76.5 cm³/mol.